The zero-order valence-electron chi connectivity index (χ0n) is 13.8. The first-order chi connectivity index (χ1) is 12.3. The van der Waals surface area contributed by atoms with Gasteiger partial charge in [-0.15, -0.1) is 0 Å². The largest absolute Gasteiger partial charge is 0.459 e. The molecule has 0 aromatic carbocycles. The van der Waals surface area contributed by atoms with Crippen LogP contribution in [0.4, 0.5) is 5.82 Å². The molecule has 0 aliphatic carbocycles. The van der Waals surface area contributed by atoms with Gasteiger partial charge in [-0.05, 0) is 24.3 Å². The van der Waals surface area contributed by atoms with Crippen molar-refractivity contribution in [2.24, 2.45) is 0 Å². The lowest BCUT2D eigenvalue weighted by Crippen LogP contribution is -2.36. The highest BCUT2D eigenvalue weighted by molar-refractivity contribution is 5.91. The van der Waals surface area contributed by atoms with E-state index < -0.39 is 0 Å². The highest BCUT2D eigenvalue weighted by atomic mass is 16.3. The summed E-state index contributed by atoms with van der Waals surface area (Å²) in [7, 11) is 0. The van der Waals surface area contributed by atoms with Crippen molar-refractivity contribution in [1.29, 1.82) is 0 Å². The molecule has 128 valence electrons. The van der Waals surface area contributed by atoms with Crippen molar-refractivity contribution in [3.05, 3.63) is 66.5 Å². The molecule has 0 radical (unpaired) electrons. The summed E-state index contributed by atoms with van der Waals surface area (Å²) >= 11 is 0. The molecule has 0 spiro atoms. The minimum absolute atomic E-state index is 0.0891. The number of carbonyl (C=O) groups excluding carboxylic acids is 1. The molecule has 4 heterocycles. The summed E-state index contributed by atoms with van der Waals surface area (Å²) in [4.78, 5) is 21.2. The molecule has 1 aliphatic heterocycles. The summed E-state index contributed by atoms with van der Waals surface area (Å²) in [5, 5.41) is 4.25. The Morgan fingerprint density at radius 1 is 1.12 bits per heavy atom. The average Bonchev–Trinajstić information content (AvgIpc) is 3.31. The van der Waals surface area contributed by atoms with Crippen molar-refractivity contribution in [3.63, 3.8) is 0 Å². The Morgan fingerprint density at radius 3 is 2.88 bits per heavy atom. The first-order valence-corrected chi connectivity index (χ1v) is 8.30. The van der Waals surface area contributed by atoms with E-state index in [2.05, 4.69) is 15.0 Å². The molecular weight excluding hydrogens is 318 g/mol. The number of nitrogens with zero attached hydrogens (tertiary/aromatic N) is 5. The Morgan fingerprint density at radius 2 is 2.08 bits per heavy atom. The molecule has 7 nitrogen and oxygen atoms in total. The van der Waals surface area contributed by atoms with Gasteiger partial charge in [0.25, 0.3) is 5.91 Å². The molecule has 0 fully saturated rings. The number of fused-ring (bicyclic) bond motifs is 1. The number of aromatic nitrogens is 3. The third kappa shape index (κ3) is 3.26. The van der Waals surface area contributed by atoms with Gasteiger partial charge in [-0.3, -0.25) is 9.48 Å². The van der Waals surface area contributed by atoms with Gasteiger partial charge in [-0.25, -0.2) is 4.98 Å². The summed E-state index contributed by atoms with van der Waals surface area (Å²) in [6.07, 6.45) is 7.04. The molecule has 0 N–H and O–H groups in total. The van der Waals surface area contributed by atoms with Crippen molar-refractivity contribution >= 4 is 11.7 Å². The first kappa shape index (κ1) is 15.4. The van der Waals surface area contributed by atoms with E-state index in [0.29, 0.717) is 18.8 Å². The van der Waals surface area contributed by atoms with Crippen molar-refractivity contribution in [1.82, 2.24) is 19.7 Å². The molecule has 0 bridgehead atoms. The maximum atomic E-state index is 12.7. The van der Waals surface area contributed by atoms with Crippen LogP contribution in [0.15, 0.2) is 59.6 Å². The van der Waals surface area contributed by atoms with Crippen LogP contribution in [0.1, 0.15) is 16.1 Å². The second kappa shape index (κ2) is 6.80. The quantitative estimate of drug-likeness (QED) is 0.729. The molecule has 0 saturated carbocycles. The van der Waals surface area contributed by atoms with Crippen LogP contribution in [0.5, 0.6) is 0 Å². The van der Waals surface area contributed by atoms with E-state index in [4.69, 9.17) is 4.42 Å². The molecular formula is C18H19N5O2. The van der Waals surface area contributed by atoms with Gasteiger partial charge in [0.05, 0.1) is 12.8 Å². The number of hydrogen-bond acceptors (Lipinski definition) is 5. The number of carbonyl (C=O) groups is 1. The molecule has 1 amide bonds. The third-order valence-electron chi connectivity index (χ3n) is 4.35. The number of amides is 1. The maximum Gasteiger partial charge on any atom is 0.289 e. The van der Waals surface area contributed by atoms with Crippen LogP contribution in [0.3, 0.4) is 0 Å². The lowest BCUT2D eigenvalue weighted by atomic mass is 10.2. The number of anilines is 1. The predicted molar refractivity (Wildman–Crippen MR) is 92.1 cm³/mol. The van der Waals surface area contributed by atoms with Crippen molar-refractivity contribution in [2.75, 3.05) is 24.5 Å². The number of rotatable bonds is 4. The molecule has 25 heavy (non-hydrogen) atoms. The Hall–Kier alpha value is -3.09. The van der Waals surface area contributed by atoms with Gasteiger partial charge < -0.3 is 14.2 Å². The van der Waals surface area contributed by atoms with Crippen LogP contribution < -0.4 is 4.90 Å². The molecule has 4 rings (SSSR count). The molecule has 3 aromatic heterocycles. The van der Waals surface area contributed by atoms with E-state index in [1.54, 1.807) is 24.5 Å². The van der Waals surface area contributed by atoms with Crippen molar-refractivity contribution in [2.45, 2.75) is 13.1 Å². The van der Waals surface area contributed by atoms with Gasteiger partial charge in [0.15, 0.2) is 5.76 Å². The highest BCUT2D eigenvalue weighted by Crippen LogP contribution is 2.23. The molecule has 1 aliphatic rings. The number of pyridine rings is 1. The summed E-state index contributed by atoms with van der Waals surface area (Å²) < 4.78 is 7.17. The van der Waals surface area contributed by atoms with Gasteiger partial charge in [0, 0.05) is 50.3 Å². The minimum Gasteiger partial charge on any atom is -0.459 e. The van der Waals surface area contributed by atoms with Gasteiger partial charge in [0.2, 0.25) is 0 Å². The van der Waals surface area contributed by atoms with Gasteiger partial charge in [-0.1, -0.05) is 6.07 Å². The predicted octanol–water partition coefficient (Wildman–Crippen LogP) is 2.03. The van der Waals surface area contributed by atoms with E-state index in [1.807, 2.05) is 34.0 Å². The van der Waals surface area contributed by atoms with E-state index in [-0.39, 0.29) is 5.91 Å². The van der Waals surface area contributed by atoms with E-state index >= 15 is 0 Å². The van der Waals surface area contributed by atoms with E-state index in [0.717, 1.165) is 31.0 Å². The fraction of sp³-hybridized carbons (Fsp3) is 0.278. The second-order valence-corrected chi connectivity index (χ2v) is 5.95. The zero-order chi connectivity index (χ0) is 17.1. The summed E-state index contributed by atoms with van der Waals surface area (Å²) in [6.45, 7) is 3.43. The van der Waals surface area contributed by atoms with Crippen LogP contribution in [0.25, 0.3) is 0 Å². The fourth-order valence-corrected chi connectivity index (χ4v) is 3.07. The normalized spacial score (nSPS) is 14.2. The number of hydrogen-bond donors (Lipinski definition) is 0. The van der Waals surface area contributed by atoms with Crippen molar-refractivity contribution in [3.8, 4) is 0 Å². The smallest absolute Gasteiger partial charge is 0.289 e. The lowest BCUT2D eigenvalue weighted by molar-refractivity contribution is 0.0719. The SMILES string of the molecule is O=C(c1ccco1)N1CCN(CCn2cccn2)c2ncccc2C1. The molecule has 0 atom stereocenters. The molecule has 0 unspecified atom stereocenters. The monoisotopic (exact) mass is 337 g/mol. The fourth-order valence-electron chi connectivity index (χ4n) is 3.07. The van der Waals surface area contributed by atoms with E-state index in [9.17, 15) is 4.79 Å². The molecule has 0 saturated heterocycles. The van der Waals surface area contributed by atoms with Gasteiger partial charge in [-0.2, -0.15) is 5.10 Å². The third-order valence-corrected chi connectivity index (χ3v) is 4.35. The Labute approximate surface area is 145 Å². The lowest BCUT2D eigenvalue weighted by Gasteiger charge is -2.23. The van der Waals surface area contributed by atoms with Crippen LogP contribution in [-0.4, -0.2) is 45.2 Å². The van der Waals surface area contributed by atoms with Gasteiger partial charge in [0.1, 0.15) is 5.82 Å². The van der Waals surface area contributed by atoms with Crippen LogP contribution in [0, 0.1) is 0 Å². The number of furan rings is 1. The van der Waals surface area contributed by atoms with Crippen LogP contribution in [0.2, 0.25) is 0 Å². The summed E-state index contributed by atoms with van der Waals surface area (Å²) in [5.74, 6) is 1.22. The zero-order valence-corrected chi connectivity index (χ0v) is 13.8. The topological polar surface area (TPSA) is 67.4 Å². The molecule has 3 aromatic rings. The van der Waals surface area contributed by atoms with Crippen molar-refractivity contribution < 1.29 is 9.21 Å². The van der Waals surface area contributed by atoms with Crippen LogP contribution >= 0.6 is 0 Å². The average molecular weight is 337 g/mol. The standard InChI is InChI=1S/C18H19N5O2/c24-18(16-5-2-13-25-16)22-10-9-21(11-12-23-8-3-7-20-23)17-15(14-22)4-1-6-19-17/h1-8,13H,9-12,14H2. The van der Waals surface area contributed by atoms with E-state index in [1.165, 1.54) is 6.26 Å². The maximum absolute atomic E-state index is 12.7. The molecule has 7 heteroatoms. The highest BCUT2D eigenvalue weighted by Gasteiger charge is 2.25. The Bertz CT molecular complexity index is 829. The minimum atomic E-state index is -0.0891. The summed E-state index contributed by atoms with van der Waals surface area (Å²) in [5.41, 5.74) is 1.04. The first-order valence-electron chi connectivity index (χ1n) is 8.30. The Kier molecular flexibility index (Phi) is 4.20. The second-order valence-electron chi connectivity index (χ2n) is 5.95. The van der Waals surface area contributed by atoms with Gasteiger partial charge >= 0.3 is 0 Å². The van der Waals surface area contributed by atoms with Crippen LogP contribution in [-0.2, 0) is 13.1 Å². The Balaban J connectivity index is 1.54. The summed E-state index contributed by atoms with van der Waals surface area (Å²) in [6, 6.07) is 9.28.